The van der Waals surface area contributed by atoms with E-state index >= 15 is 0 Å². The van der Waals surface area contributed by atoms with E-state index in [9.17, 15) is 8.42 Å². The lowest BCUT2D eigenvalue weighted by molar-refractivity contribution is 0.601. The zero-order valence-corrected chi connectivity index (χ0v) is 14.5. The summed E-state index contributed by atoms with van der Waals surface area (Å²) in [5.74, 6) is 0. The number of aromatic nitrogens is 1. The normalized spacial score (nSPS) is 11.0. The molecule has 7 heteroatoms. The van der Waals surface area contributed by atoms with Crippen LogP contribution in [0.3, 0.4) is 0 Å². The molecule has 0 saturated carbocycles. The highest BCUT2D eigenvalue weighted by molar-refractivity contribution is 7.92. The number of fused-ring (bicyclic) bond motifs is 1. The molecule has 0 amide bonds. The molecule has 0 fully saturated rings. The second kappa shape index (κ2) is 6.55. The topological polar surface area (TPSA) is 82.9 Å². The number of hydrogen-bond donors (Lipinski definition) is 1. The van der Waals surface area contributed by atoms with E-state index in [0.717, 1.165) is 0 Å². The van der Waals surface area contributed by atoms with Crippen molar-refractivity contribution >= 4 is 44.3 Å². The van der Waals surface area contributed by atoms with Gasteiger partial charge in [0.25, 0.3) is 10.0 Å². The van der Waals surface area contributed by atoms with Crippen molar-refractivity contribution in [2.24, 2.45) is 0 Å². The van der Waals surface area contributed by atoms with Crippen LogP contribution in [0.25, 0.3) is 17.0 Å². The van der Waals surface area contributed by atoms with E-state index in [2.05, 4.69) is 16.3 Å². The molecule has 2 aromatic carbocycles. The molecule has 0 aliphatic rings. The summed E-state index contributed by atoms with van der Waals surface area (Å²) in [6, 6.07) is 12.9. The number of pyridine rings is 1. The average molecular weight is 370 g/mol. The van der Waals surface area contributed by atoms with Crippen LogP contribution in [-0.2, 0) is 10.0 Å². The predicted octanol–water partition coefficient (Wildman–Crippen LogP) is 4.20. The molecule has 0 bridgehead atoms. The van der Waals surface area contributed by atoms with Gasteiger partial charge in [0.1, 0.15) is 0 Å². The molecule has 5 nitrogen and oxygen atoms in total. The molecule has 1 N–H and O–H groups in total. The largest absolute Gasteiger partial charge is 0.277 e. The van der Waals surface area contributed by atoms with Crippen LogP contribution < -0.4 is 4.72 Å². The van der Waals surface area contributed by atoms with E-state index < -0.39 is 10.0 Å². The third-order valence-corrected chi connectivity index (χ3v) is 5.32. The molecule has 0 aliphatic carbocycles. The van der Waals surface area contributed by atoms with Gasteiger partial charge in [0.05, 0.1) is 39.0 Å². The molecule has 0 atom stereocenters. The van der Waals surface area contributed by atoms with Crippen LogP contribution in [0.5, 0.6) is 0 Å². The van der Waals surface area contributed by atoms with Crippen molar-refractivity contribution in [3.8, 4) is 6.07 Å². The van der Waals surface area contributed by atoms with Gasteiger partial charge >= 0.3 is 0 Å². The molecule has 25 heavy (non-hydrogen) atoms. The zero-order valence-electron chi connectivity index (χ0n) is 12.9. The molecule has 124 valence electrons. The van der Waals surface area contributed by atoms with Gasteiger partial charge in [0, 0.05) is 10.9 Å². The highest BCUT2D eigenvalue weighted by Gasteiger charge is 2.17. The molecule has 0 aliphatic heterocycles. The van der Waals surface area contributed by atoms with Crippen molar-refractivity contribution in [1.82, 2.24) is 4.98 Å². The van der Waals surface area contributed by atoms with Gasteiger partial charge in [0.15, 0.2) is 0 Å². The lowest BCUT2D eigenvalue weighted by atomic mass is 10.1. The first kappa shape index (κ1) is 17.0. The number of rotatable bonds is 4. The number of para-hydroxylation sites is 1. The summed E-state index contributed by atoms with van der Waals surface area (Å²) >= 11 is 6.13. The van der Waals surface area contributed by atoms with Crippen LogP contribution in [0.1, 0.15) is 11.1 Å². The molecule has 3 rings (SSSR count). The smallest absolute Gasteiger partial charge is 0.261 e. The predicted molar refractivity (Wildman–Crippen MR) is 98.8 cm³/mol. The van der Waals surface area contributed by atoms with Crippen molar-refractivity contribution in [2.75, 3.05) is 4.72 Å². The summed E-state index contributed by atoms with van der Waals surface area (Å²) in [7, 11) is -3.83. The van der Waals surface area contributed by atoms with Crippen LogP contribution in [0.4, 0.5) is 5.69 Å². The fraction of sp³-hybridized carbons (Fsp3) is 0. The Bertz CT molecular complexity index is 1120. The van der Waals surface area contributed by atoms with Crippen LogP contribution in [0.2, 0.25) is 5.02 Å². The lowest BCUT2D eigenvalue weighted by Crippen LogP contribution is -2.14. The summed E-state index contributed by atoms with van der Waals surface area (Å²) in [5, 5.41) is 9.98. The summed E-state index contributed by atoms with van der Waals surface area (Å²) in [5.41, 5.74) is 1.84. The van der Waals surface area contributed by atoms with E-state index in [1.807, 2.05) is 6.07 Å². The SMILES string of the molecule is C=Cc1c(NS(=O)(=O)c2ccc(C#N)cc2)cnc2c(Cl)cccc12. The molecular formula is C18H12ClN3O2S. The fourth-order valence-electron chi connectivity index (χ4n) is 2.42. The molecule has 0 saturated heterocycles. The Morgan fingerprint density at radius 2 is 1.92 bits per heavy atom. The van der Waals surface area contributed by atoms with Crippen molar-refractivity contribution in [3.05, 3.63) is 71.4 Å². The Balaban J connectivity index is 2.07. The summed E-state index contributed by atoms with van der Waals surface area (Å²) in [4.78, 5) is 4.29. The molecule has 1 heterocycles. The number of anilines is 1. The number of nitrogens with zero attached hydrogens (tertiary/aromatic N) is 2. The van der Waals surface area contributed by atoms with Crippen molar-refractivity contribution in [2.45, 2.75) is 4.90 Å². The Morgan fingerprint density at radius 3 is 2.56 bits per heavy atom. The van der Waals surface area contributed by atoms with Crippen LogP contribution >= 0.6 is 11.6 Å². The van der Waals surface area contributed by atoms with E-state index in [1.54, 1.807) is 24.3 Å². The summed E-state index contributed by atoms with van der Waals surface area (Å²) in [6.07, 6.45) is 2.96. The standard InChI is InChI=1S/C18H12ClN3O2S/c1-2-14-15-4-3-5-16(19)18(15)21-11-17(14)22-25(23,24)13-8-6-12(10-20)7-9-13/h2-9,11,22H,1H2. The third-order valence-electron chi connectivity index (χ3n) is 3.63. The number of hydrogen-bond acceptors (Lipinski definition) is 4. The van der Waals surface area contributed by atoms with Crippen molar-refractivity contribution in [3.63, 3.8) is 0 Å². The quantitative estimate of drug-likeness (QED) is 0.746. The first-order chi connectivity index (χ1) is 12.0. The first-order valence-corrected chi connectivity index (χ1v) is 9.05. The molecule has 0 radical (unpaired) electrons. The highest BCUT2D eigenvalue weighted by Crippen LogP contribution is 2.30. The fourth-order valence-corrected chi connectivity index (χ4v) is 3.71. The van der Waals surface area contributed by atoms with E-state index in [4.69, 9.17) is 16.9 Å². The highest BCUT2D eigenvalue weighted by atomic mass is 35.5. The van der Waals surface area contributed by atoms with E-state index in [1.165, 1.54) is 30.5 Å². The van der Waals surface area contributed by atoms with Crippen LogP contribution in [0.15, 0.2) is 60.1 Å². The van der Waals surface area contributed by atoms with Gasteiger partial charge in [-0.15, -0.1) is 0 Å². The van der Waals surface area contributed by atoms with Gasteiger partial charge in [-0.3, -0.25) is 9.71 Å². The lowest BCUT2D eigenvalue weighted by Gasteiger charge is -2.13. The Kier molecular flexibility index (Phi) is 4.45. The van der Waals surface area contributed by atoms with Crippen LogP contribution in [-0.4, -0.2) is 13.4 Å². The van der Waals surface area contributed by atoms with Crippen molar-refractivity contribution < 1.29 is 8.42 Å². The Morgan fingerprint density at radius 1 is 1.20 bits per heavy atom. The van der Waals surface area contributed by atoms with Gasteiger partial charge in [0.2, 0.25) is 0 Å². The number of benzene rings is 2. The van der Waals surface area contributed by atoms with Gasteiger partial charge in [-0.1, -0.05) is 36.4 Å². The minimum absolute atomic E-state index is 0.0488. The van der Waals surface area contributed by atoms with Gasteiger partial charge < -0.3 is 0 Å². The van der Waals surface area contributed by atoms with Gasteiger partial charge in [-0.25, -0.2) is 8.42 Å². The molecule has 3 aromatic rings. The first-order valence-electron chi connectivity index (χ1n) is 7.19. The monoisotopic (exact) mass is 369 g/mol. The molecular weight excluding hydrogens is 358 g/mol. The number of sulfonamides is 1. The summed E-state index contributed by atoms with van der Waals surface area (Å²) < 4.78 is 27.7. The van der Waals surface area contributed by atoms with Crippen LogP contribution in [0, 0.1) is 11.3 Å². The van der Waals surface area contributed by atoms with Gasteiger partial charge in [-0.05, 0) is 30.3 Å². The molecule has 0 unspecified atom stereocenters. The van der Waals surface area contributed by atoms with E-state index in [0.29, 0.717) is 32.7 Å². The molecule has 1 aromatic heterocycles. The van der Waals surface area contributed by atoms with Gasteiger partial charge in [-0.2, -0.15) is 5.26 Å². The number of halogens is 1. The second-order valence-corrected chi connectivity index (χ2v) is 7.26. The van der Waals surface area contributed by atoms with Crippen molar-refractivity contribution in [1.29, 1.82) is 5.26 Å². The third kappa shape index (κ3) is 3.20. The minimum Gasteiger partial charge on any atom is -0.277 e. The number of nitrogens with one attached hydrogen (secondary N) is 1. The zero-order chi connectivity index (χ0) is 18.0. The minimum atomic E-state index is -3.83. The molecule has 0 spiro atoms. The Labute approximate surface area is 150 Å². The maximum Gasteiger partial charge on any atom is 0.261 e. The summed E-state index contributed by atoms with van der Waals surface area (Å²) in [6.45, 7) is 3.76. The maximum absolute atomic E-state index is 12.6. The second-order valence-electron chi connectivity index (χ2n) is 5.17. The average Bonchev–Trinajstić information content (AvgIpc) is 2.61. The van der Waals surface area contributed by atoms with E-state index in [-0.39, 0.29) is 4.90 Å². The Hall–Kier alpha value is -2.88. The number of nitriles is 1. The maximum atomic E-state index is 12.6.